The van der Waals surface area contributed by atoms with Crippen LogP contribution in [0.3, 0.4) is 0 Å². The van der Waals surface area contributed by atoms with Crippen molar-refractivity contribution in [2.45, 2.75) is 19.4 Å². The Balaban J connectivity index is 2.22. The lowest BCUT2D eigenvalue weighted by Gasteiger charge is -2.03. The van der Waals surface area contributed by atoms with Crippen LogP contribution in [0.5, 0.6) is 0 Å². The quantitative estimate of drug-likeness (QED) is 0.647. The average Bonchev–Trinajstić information content (AvgIpc) is 2.84. The Kier molecular flexibility index (Phi) is 4.71. The molecule has 110 valence electrons. The van der Waals surface area contributed by atoms with E-state index in [2.05, 4.69) is 9.84 Å². The van der Waals surface area contributed by atoms with Crippen LogP contribution in [0.25, 0.3) is 11.3 Å². The molecule has 2 rings (SSSR count). The normalized spacial score (nSPS) is 10.3. The Bertz CT molecular complexity index is 635. The number of hydrogen-bond donors (Lipinski definition) is 1. The molecule has 0 aliphatic carbocycles. The van der Waals surface area contributed by atoms with E-state index in [1.807, 2.05) is 30.3 Å². The van der Waals surface area contributed by atoms with Crippen LogP contribution in [0.1, 0.15) is 23.2 Å². The van der Waals surface area contributed by atoms with Gasteiger partial charge in [-0.3, -0.25) is 9.59 Å². The summed E-state index contributed by atoms with van der Waals surface area (Å²) in [6, 6.07) is 9.37. The summed E-state index contributed by atoms with van der Waals surface area (Å²) in [5.74, 6) is 0.0355. The van der Waals surface area contributed by atoms with Gasteiger partial charge in [0.2, 0.25) is 0 Å². The van der Waals surface area contributed by atoms with Gasteiger partial charge in [0.1, 0.15) is 11.5 Å². The highest BCUT2D eigenvalue weighted by molar-refractivity contribution is 5.91. The van der Waals surface area contributed by atoms with Crippen molar-refractivity contribution < 1.29 is 14.3 Å². The number of ether oxygens (including phenoxy) is 1. The molecule has 0 aliphatic heterocycles. The topological polar surface area (TPSA) is 87.2 Å². The number of carbonyl (C=O) groups excluding carboxylic acids is 2. The van der Waals surface area contributed by atoms with E-state index < -0.39 is 0 Å². The fourth-order valence-corrected chi connectivity index (χ4v) is 2.06. The van der Waals surface area contributed by atoms with Crippen molar-refractivity contribution in [3.63, 3.8) is 0 Å². The fraction of sp³-hybridized carbons (Fsp3) is 0.267. The lowest BCUT2D eigenvalue weighted by atomic mass is 10.1. The summed E-state index contributed by atoms with van der Waals surface area (Å²) in [6.45, 7) is 0.453. The van der Waals surface area contributed by atoms with Crippen molar-refractivity contribution in [3.8, 4) is 11.3 Å². The van der Waals surface area contributed by atoms with Gasteiger partial charge in [-0.2, -0.15) is 5.10 Å². The molecule has 0 unspecified atom stereocenters. The monoisotopic (exact) mass is 287 g/mol. The number of anilines is 1. The smallest absolute Gasteiger partial charge is 0.305 e. The Labute approximate surface area is 122 Å². The van der Waals surface area contributed by atoms with Gasteiger partial charge in [0.05, 0.1) is 12.7 Å². The predicted octanol–water partition coefficient (Wildman–Crippen LogP) is 1.90. The molecule has 6 heteroatoms. The molecule has 1 heterocycles. The van der Waals surface area contributed by atoms with Crippen molar-refractivity contribution in [1.29, 1.82) is 0 Å². The highest BCUT2D eigenvalue weighted by Crippen LogP contribution is 2.25. The second kappa shape index (κ2) is 6.69. The second-order valence-corrected chi connectivity index (χ2v) is 4.53. The van der Waals surface area contributed by atoms with E-state index in [9.17, 15) is 9.59 Å². The summed E-state index contributed by atoms with van der Waals surface area (Å²) < 4.78 is 6.13. The summed E-state index contributed by atoms with van der Waals surface area (Å²) in [5, 5.41) is 4.38. The molecule has 0 spiro atoms. The molecule has 1 aromatic carbocycles. The van der Waals surface area contributed by atoms with Crippen LogP contribution in [-0.4, -0.2) is 29.1 Å². The molecule has 2 N–H and O–H groups in total. The number of methoxy groups -OCH3 is 1. The highest BCUT2D eigenvalue weighted by atomic mass is 16.5. The van der Waals surface area contributed by atoms with Crippen LogP contribution >= 0.6 is 0 Å². The third-order valence-corrected chi connectivity index (χ3v) is 3.17. The van der Waals surface area contributed by atoms with Gasteiger partial charge in [0.15, 0.2) is 6.29 Å². The largest absolute Gasteiger partial charge is 0.469 e. The number of nitrogens with zero attached hydrogens (tertiary/aromatic N) is 2. The number of nitrogen functional groups attached to an aromatic ring is 1. The van der Waals surface area contributed by atoms with E-state index in [-0.39, 0.29) is 12.4 Å². The third kappa shape index (κ3) is 3.28. The first-order chi connectivity index (χ1) is 10.2. The zero-order valence-corrected chi connectivity index (χ0v) is 11.8. The number of hydrogen-bond acceptors (Lipinski definition) is 5. The fourth-order valence-electron chi connectivity index (χ4n) is 2.06. The van der Waals surface area contributed by atoms with Crippen LogP contribution < -0.4 is 5.73 Å². The van der Waals surface area contributed by atoms with Crippen molar-refractivity contribution in [3.05, 3.63) is 35.9 Å². The molecule has 0 bridgehead atoms. The minimum absolute atomic E-state index is 0.278. The maximum Gasteiger partial charge on any atom is 0.305 e. The van der Waals surface area contributed by atoms with Crippen LogP contribution in [0, 0.1) is 0 Å². The molecule has 0 amide bonds. The standard InChI is InChI=1S/C15H17N3O3/c1-21-13(20)8-5-9-18-15(16)12(10-19)14(17-18)11-6-3-2-4-7-11/h2-4,6-7,10H,5,8-9,16H2,1H3. The van der Waals surface area contributed by atoms with E-state index in [4.69, 9.17) is 5.73 Å². The van der Waals surface area contributed by atoms with E-state index in [1.54, 1.807) is 4.68 Å². The maximum absolute atomic E-state index is 11.3. The van der Waals surface area contributed by atoms with Gasteiger partial charge in [-0.05, 0) is 6.42 Å². The Hall–Kier alpha value is -2.63. The van der Waals surface area contributed by atoms with Gasteiger partial charge in [-0.1, -0.05) is 30.3 Å². The lowest BCUT2D eigenvalue weighted by Crippen LogP contribution is -2.08. The van der Waals surface area contributed by atoms with Gasteiger partial charge < -0.3 is 10.5 Å². The molecule has 21 heavy (non-hydrogen) atoms. The van der Waals surface area contributed by atoms with Crippen molar-refractivity contribution in [1.82, 2.24) is 9.78 Å². The minimum Gasteiger partial charge on any atom is -0.469 e. The molecule has 1 aromatic heterocycles. The molecule has 0 atom stereocenters. The first-order valence-corrected chi connectivity index (χ1v) is 6.61. The van der Waals surface area contributed by atoms with Crippen LogP contribution in [0.2, 0.25) is 0 Å². The van der Waals surface area contributed by atoms with Crippen LogP contribution in [-0.2, 0) is 16.1 Å². The van der Waals surface area contributed by atoms with Gasteiger partial charge in [-0.15, -0.1) is 0 Å². The van der Waals surface area contributed by atoms with Crippen LogP contribution in [0.15, 0.2) is 30.3 Å². The van der Waals surface area contributed by atoms with E-state index in [0.29, 0.717) is 36.3 Å². The zero-order chi connectivity index (χ0) is 15.2. The van der Waals surface area contributed by atoms with Crippen molar-refractivity contribution in [2.24, 2.45) is 0 Å². The minimum atomic E-state index is -0.278. The summed E-state index contributed by atoms with van der Waals surface area (Å²) in [6.07, 6.45) is 1.54. The molecule has 0 radical (unpaired) electrons. The number of esters is 1. The maximum atomic E-state index is 11.3. The highest BCUT2D eigenvalue weighted by Gasteiger charge is 2.16. The predicted molar refractivity (Wildman–Crippen MR) is 78.7 cm³/mol. The molecule has 0 aliphatic rings. The first-order valence-electron chi connectivity index (χ1n) is 6.61. The molecule has 0 fully saturated rings. The third-order valence-electron chi connectivity index (χ3n) is 3.17. The SMILES string of the molecule is COC(=O)CCCn1nc(-c2ccccc2)c(C=O)c1N. The summed E-state index contributed by atoms with van der Waals surface area (Å²) in [7, 11) is 1.35. The van der Waals surface area contributed by atoms with Crippen molar-refractivity contribution >= 4 is 18.1 Å². The molecule has 2 aromatic rings. The van der Waals surface area contributed by atoms with Gasteiger partial charge >= 0.3 is 5.97 Å². The summed E-state index contributed by atoms with van der Waals surface area (Å²) in [5.41, 5.74) is 7.72. The van der Waals surface area contributed by atoms with Gasteiger partial charge in [0.25, 0.3) is 0 Å². The van der Waals surface area contributed by atoms with E-state index in [0.717, 1.165) is 5.56 Å². The number of rotatable bonds is 6. The summed E-state index contributed by atoms with van der Waals surface area (Å²) >= 11 is 0. The van der Waals surface area contributed by atoms with Gasteiger partial charge in [-0.25, -0.2) is 4.68 Å². The van der Waals surface area contributed by atoms with E-state index >= 15 is 0 Å². The molecule has 0 saturated heterocycles. The van der Waals surface area contributed by atoms with Gasteiger partial charge in [0, 0.05) is 18.5 Å². The second-order valence-electron chi connectivity index (χ2n) is 4.53. The lowest BCUT2D eigenvalue weighted by molar-refractivity contribution is -0.140. The Morgan fingerprint density at radius 2 is 2.10 bits per heavy atom. The number of aryl methyl sites for hydroxylation is 1. The molecular formula is C15H17N3O3. The molecule has 0 saturated carbocycles. The van der Waals surface area contributed by atoms with Crippen molar-refractivity contribution in [2.75, 3.05) is 12.8 Å². The zero-order valence-electron chi connectivity index (χ0n) is 11.8. The Morgan fingerprint density at radius 3 is 2.71 bits per heavy atom. The molecular weight excluding hydrogens is 270 g/mol. The number of benzene rings is 1. The summed E-state index contributed by atoms with van der Waals surface area (Å²) in [4.78, 5) is 22.4. The Morgan fingerprint density at radius 1 is 1.38 bits per heavy atom. The number of carbonyl (C=O) groups is 2. The number of aldehydes is 1. The number of aromatic nitrogens is 2. The van der Waals surface area contributed by atoms with Crippen LogP contribution in [0.4, 0.5) is 5.82 Å². The molecule has 6 nitrogen and oxygen atoms in total. The average molecular weight is 287 g/mol. The first kappa shape index (κ1) is 14.8. The number of nitrogens with two attached hydrogens (primary N) is 1. The van der Waals surface area contributed by atoms with E-state index in [1.165, 1.54) is 7.11 Å².